The maximum atomic E-state index is 15.0. The first-order valence-electron chi connectivity index (χ1n) is 9.44. The van der Waals surface area contributed by atoms with E-state index < -0.39 is 63.5 Å². The molecule has 8 nitrogen and oxygen atoms in total. The molecular weight excluding hydrogens is 490 g/mol. The molecule has 1 aromatic heterocycles. The average Bonchev–Trinajstić information content (AvgIpc) is 3.12. The van der Waals surface area contributed by atoms with Gasteiger partial charge in [0, 0.05) is 20.0 Å². The van der Waals surface area contributed by atoms with Gasteiger partial charge in [-0.15, -0.1) is 0 Å². The number of fused-ring (bicyclic) bond motifs is 1. The van der Waals surface area contributed by atoms with Crippen LogP contribution in [0.2, 0.25) is 5.02 Å². The van der Waals surface area contributed by atoms with Crippen molar-refractivity contribution in [1.29, 1.82) is 0 Å². The van der Waals surface area contributed by atoms with Gasteiger partial charge in [0.1, 0.15) is 11.2 Å². The van der Waals surface area contributed by atoms with E-state index in [-0.39, 0.29) is 22.3 Å². The molecule has 0 saturated carbocycles. The molecule has 0 bridgehead atoms. The molecule has 0 atom stereocenters. The fraction of sp³-hybridized carbons (Fsp3) is 0.263. The minimum Gasteiger partial charge on any atom is -0.349 e. The molecule has 14 heteroatoms. The van der Waals surface area contributed by atoms with Crippen LogP contribution in [0.4, 0.5) is 34.6 Å². The van der Waals surface area contributed by atoms with Crippen molar-refractivity contribution in [1.82, 2.24) is 13.9 Å². The van der Waals surface area contributed by atoms with Gasteiger partial charge in [-0.2, -0.15) is 12.7 Å². The summed E-state index contributed by atoms with van der Waals surface area (Å²) >= 11 is 6.16. The first-order chi connectivity index (χ1) is 15.4. The van der Waals surface area contributed by atoms with Crippen molar-refractivity contribution in [3.63, 3.8) is 0 Å². The molecule has 2 aromatic carbocycles. The van der Waals surface area contributed by atoms with Crippen LogP contribution in [0.25, 0.3) is 10.9 Å². The van der Waals surface area contributed by atoms with Gasteiger partial charge >= 0.3 is 10.2 Å². The number of alkyl halides is 2. The minimum atomic E-state index is -4.41. The number of halogens is 5. The number of hydrogen-bond donors (Lipinski definition) is 2. The molecule has 1 fully saturated rings. The van der Waals surface area contributed by atoms with Gasteiger partial charge in [-0.3, -0.25) is 9.52 Å². The summed E-state index contributed by atoms with van der Waals surface area (Å²) in [4.78, 5) is 16.2. The van der Waals surface area contributed by atoms with Crippen molar-refractivity contribution in [2.24, 2.45) is 7.05 Å². The van der Waals surface area contributed by atoms with E-state index in [0.717, 1.165) is 16.7 Å². The number of nitrogens with one attached hydrogen (secondary N) is 2. The fourth-order valence-corrected chi connectivity index (χ4v) is 4.92. The number of anilines is 3. The lowest BCUT2D eigenvalue weighted by atomic mass is 10.2. The number of rotatable bonds is 5. The summed E-state index contributed by atoms with van der Waals surface area (Å²) in [6.07, 6.45) is 0.590. The predicted molar refractivity (Wildman–Crippen MR) is 115 cm³/mol. The molecule has 3 aromatic rings. The number of hydrogen-bond acceptors (Lipinski definition) is 5. The maximum Gasteiger partial charge on any atom is 0.301 e. The molecule has 4 rings (SSSR count). The van der Waals surface area contributed by atoms with Crippen LogP contribution < -0.4 is 15.6 Å². The minimum absolute atomic E-state index is 0.0802. The lowest BCUT2D eigenvalue weighted by Gasteiger charge is -2.19. The van der Waals surface area contributed by atoms with Crippen molar-refractivity contribution in [2.75, 3.05) is 23.1 Å². The number of benzene rings is 2. The third kappa shape index (κ3) is 4.35. The summed E-state index contributed by atoms with van der Waals surface area (Å²) in [6, 6.07) is 4.42. The molecule has 0 radical (unpaired) electrons. The van der Waals surface area contributed by atoms with Crippen LogP contribution in [0.5, 0.6) is 0 Å². The summed E-state index contributed by atoms with van der Waals surface area (Å²) in [5.74, 6) is -5.12. The Morgan fingerprint density at radius 3 is 2.52 bits per heavy atom. The summed E-state index contributed by atoms with van der Waals surface area (Å²) in [7, 11) is -3.03. The van der Waals surface area contributed by atoms with Gasteiger partial charge in [-0.1, -0.05) is 11.6 Å². The Bertz CT molecular complexity index is 1430. The van der Waals surface area contributed by atoms with Crippen molar-refractivity contribution in [3.05, 3.63) is 57.6 Å². The van der Waals surface area contributed by atoms with Gasteiger partial charge in [-0.25, -0.2) is 22.5 Å². The topological polar surface area (TPSA) is 96.3 Å². The van der Waals surface area contributed by atoms with Gasteiger partial charge < -0.3 is 9.88 Å². The Morgan fingerprint density at radius 1 is 1.15 bits per heavy atom. The van der Waals surface area contributed by atoms with E-state index in [1.165, 1.54) is 25.5 Å². The highest BCUT2D eigenvalue weighted by Gasteiger charge is 2.43. The summed E-state index contributed by atoms with van der Waals surface area (Å²) < 4.78 is 85.0. The second-order valence-electron chi connectivity index (χ2n) is 7.44. The monoisotopic (exact) mass is 505 g/mol. The normalized spacial score (nSPS) is 16.3. The summed E-state index contributed by atoms with van der Waals surface area (Å²) in [5, 5.41) is 1.62. The zero-order valence-electron chi connectivity index (χ0n) is 16.9. The summed E-state index contributed by atoms with van der Waals surface area (Å²) in [5.41, 5.74) is -1.70. The highest BCUT2D eigenvalue weighted by Crippen LogP contribution is 2.37. The van der Waals surface area contributed by atoms with Gasteiger partial charge in [0.25, 0.3) is 11.5 Å². The molecule has 2 N–H and O–H groups in total. The van der Waals surface area contributed by atoms with E-state index in [9.17, 15) is 26.4 Å². The van der Waals surface area contributed by atoms with Gasteiger partial charge in [0.15, 0.2) is 5.82 Å². The van der Waals surface area contributed by atoms with Crippen LogP contribution in [0.3, 0.4) is 0 Å². The van der Waals surface area contributed by atoms with Gasteiger partial charge in [-0.05, 0) is 24.3 Å². The summed E-state index contributed by atoms with van der Waals surface area (Å²) in [6.45, 7) is -1.41. The lowest BCUT2D eigenvalue weighted by molar-refractivity contribution is 0.0184. The maximum absolute atomic E-state index is 15.0. The molecular formula is C19H16ClF4N5O3S. The Hall–Kier alpha value is -2.90. The molecule has 1 aliphatic heterocycles. The van der Waals surface area contributed by atoms with Crippen molar-refractivity contribution < 1.29 is 26.0 Å². The van der Waals surface area contributed by atoms with Crippen LogP contribution in [-0.2, 0) is 17.3 Å². The second-order valence-corrected chi connectivity index (χ2v) is 9.49. The smallest absolute Gasteiger partial charge is 0.301 e. The second kappa shape index (κ2) is 8.15. The average molecular weight is 506 g/mol. The third-order valence-corrected chi connectivity index (χ3v) is 6.95. The Kier molecular flexibility index (Phi) is 5.75. The Morgan fingerprint density at radius 2 is 1.85 bits per heavy atom. The van der Waals surface area contributed by atoms with Crippen LogP contribution in [0, 0.1) is 11.6 Å². The Labute approximate surface area is 190 Å². The third-order valence-electron chi connectivity index (χ3n) is 5.09. The molecule has 176 valence electrons. The molecule has 0 spiro atoms. The molecule has 33 heavy (non-hydrogen) atoms. The predicted octanol–water partition coefficient (Wildman–Crippen LogP) is 3.61. The van der Waals surface area contributed by atoms with Crippen LogP contribution >= 0.6 is 11.6 Å². The highest BCUT2D eigenvalue weighted by molar-refractivity contribution is 7.90. The molecule has 2 heterocycles. The first kappa shape index (κ1) is 23.3. The van der Waals surface area contributed by atoms with Gasteiger partial charge in [0.2, 0.25) is 0 Å². The zero-order valence-corrected chi connectivity index (χ0v) is 18.4. The quantitative estimate of drug-likeness (QED) is 0.516. The molecule has 0 aliphatic carbocycles. The number of aryl methyl sites for hydroxylation is 1. The lowest BCUT2D eigenvalue weighted by Crippen LogP contribution is -2.36. The van der Waals surface area contributed by atoms with E-state index in [4.69, 9.17) is 11.6 Å². The van der Waals surface area contributed by atoms with Crippen LogP contribution in [0.1, 0.15) is 6.42 Å². The molecule has 0 amide bonds. The highest BCUT2D eigenvalue weighted by atomic mass is 35.5. The van der Waals surface area contributed by atoms with Crippen LogP contribution in [-0.4, -0.2) is 41.3 Å². The zero-order chi connectivity index (χ0) is 24.1. The molecule has 1 aliphatic rings. The Balaban J connectivity index is 1.69. The van der Waals surface area contributed by atoms with Crippen molar-refractivity contribution in [2.45, 2.75) is 12.3 Å². The van der Waals surface area contributed by atoms with E-state index in [2.05, 4.69) is 10.3 Å². The largest absolute Gasteiger partial charge is 0.349 e. The van der Waals surface area contributed by atoms with E-state index in [1.54, 1.807) is 0 Å². The van der Waals surface area contributed by atoms with E-state index in [1.807, 2.05) is 4.72 Å². The van der Waals surface area contributed by atoms with E-state index >= 15 is 4.39 Å². The standard InChI is InChI=1S/C19H16ClF4N5O3S/c1-28-9-25-11-4-5-13(16(22)14(11)18(28)30)26-17-10(21)2-3-12(15(17)20)27-33(31,32)29-7-6-19(23,24)8-29/h2-5,9,26-27H,6-8H2,1H3. The number of aromatic nitrogens is 2. The van der Waals surface area contributed by atoms with Gasteiger partial charge in [0.05, 0.1) is 40.5 Å². The molecule has 1 saturated heterocycles. The van der Waals surface area contributed by atoms with Crippen molar-refractivity contribution in [3.8, 4) is 0 Å². The SMILES string of the molecule is Cn1cnc2ccc(Nc3c(F)ccc(NS(=O)(=O)N4CCC(F)(F)C4)c3Cl)c(F)c2c1=O. The van der Waals surface area contributed by atoms with E-state index in [0.29, 0.717) is 4.31 Å². The van der Waals surface area contributed by atoms with Crippen LogP contribution in [0.15, 0.2) is 35.4 Å². The number of nitrogens with zero attached hydrogens (tertiary/aromatic N) is 3. The van der Waals surface area contributed by atoms with Crippen molar-refractivity contribution >= 4 is 49.8 Å². The molecule has 0 unspecified atom stereocenters. The first-order valence-corrected chi connectivity index (χ1v) is 11.3. The fourth-order valence-electron chi connectivity index (χ4n) is 3.34.